The molecule has 0 saturated carbocycles. The number of hydrogen-bond donors (Lipinski definition) is 0. The van der Waals surface area contributed by atoms with Gasteiger partial charge >= 0.3 is 0 Å². The van der Waals surface area contributed by atoms with Crippen molar-refractivity contribution >= 4 is 5.82 Å². The van der Waals surface area contributed by atoms with Gasteiger partial charge in [-0.2, -0.15) is 5.26 Å². The molecule has 90 valence electrons. The Bertz CT molecular complexity index is 378. The molecular formula is C12H17N5. The van der Waals surface area contributed by atoms with Crippen LogP contribution in [0.5, 0.6) is 0 Å². The molecule has 1 aromatic rings. The smallest absolute Gasteiger partial charge is 0.131 e. The summed E-state index contributed by atoms with van der Waals surface area (Å²) in [6, 6.07) is 4.34. The summed E-state index contributed by atoms with van der Waals surface area (Å²) in [5, 5.41) is 9.04. The van der Waals surface area contributed by atoms with Crippen LogP contribution in [0.25, 0.3) is 0 Å². The molecule has 1 fully saturated rings. The normalized spacial score (nSPS) is 18.7. The summed E-state index contributed by atoms with van der Waals surface area (Å²) in [6.45, 7) is 5.77. The molecule has 0 aliphatic carbocycles. The summed E-state index contributed by atoms with van der Waals surface area (Å²) < 4.78 is 0. The fraction of sp³-hybridized carbons (Fsp3) is 0.583. The molecular weight excluding hydrogens is 214 g/mol. The highest BCUT2D eigenvalue weighted by molar-refractivity contribution is 5.37. The van der Waals surface area contributed by atoms with E-state index >= 15 is 0 Å². The lowest BCUT2D eigenvalue weighted by Gasteiger charge is -2.37. The van der Waals surface area contributed by atoms with E-state index in [9.17, 15) is 0 Å². The molecule has 1 aromatic heterocycles. The van der Waals surface area contributed by atoms with Gasteiger partial charge in [-0.15, -0.1) is 0 Å². The highest BCUT2D eigenvalue weighted by atomic mass is 15.3. The molecule has 2 rings (SSSR count). The maximum atomic E-state index is 9.04. The van der Waals surface area contributed by atoms with Crippen molar-refractivity contribution in [2.75, 3.05) is 31.1 Å². The first-order valence-electron chi connectivity index (χ1n) is 5.99. The van der Waals surface area contributed by atoms with Gasteiger partial charge in [0.2, 0.25) is 0 Å². The molecule has 17 heavy (non-hydrogen) atoms. The zero-order valence-corrected chi connectivity index (χ0v) is 10.1. The fourth-order valence-electron chi connectivity index (χ4n) is 2.16. The quantitative estimate of drug-likeness (QED) is 0.773. The number of rotatable bonds is 3. The first-order chi connectivity index (χ1) is 8.35. The molecule has 0 N–H and O–H groups in total. The van der Waals surface area contributed by atoms with Crippen LogP contribution in [0, 0.1) is 11.3 Å². The van der Waals surface area contributed by atoms with E-state index in [4.69, 9.17) is 5.26 Å². The number of piperazine rings is 1. The van der Waals surface area contributed by atoms with E-state index in [2.05, 4.69) is 32.8 Å². The summed E-state index contributed by atoms with van der Waals surface area (Å²) >= 11 is 0. The van der Waals surface area contributed by atoms with E-state index in [1.54, 1.807) is 12.5 Å². The van der Waals surface area contributed by atoms with Gasteiger partial charge in [0.15, 0.2) is 0 Å². The van der Waals surface area contributed by atoms with Crippen LogP contribution in [0.4, 0.5) is 5.82 Å². The molecule has 1 unspecified atom stereocenters. The predicted octanol–water partition coefficient (Wildman–Crippen LogP) is 0.901. The van der Waals surface area contributed by atoms with Gasteiger partial charge in [0.25, 0.3) is 0 Å². The van der Waals surface area contributed by atoms with Crippen molar-refractivity contribution in [2.24, 2.45) is 0 Å². The Morgan fingerprint density at radius 3 is 2.71 bits per heavy atom. The summed E-state index contributed by atoms with van der Waals surface area (Å²) in [5.74, 6) is 0.977. The first-order valence-corrected chi connectivity index (χ1v) is 5.99. The van der Waals surface area contributed by atoms with E-state index in [-0.39, 0.29) is 6.04 Å². The van der Waals surface area contributed by atoms with Crippen LogP contribution in [-0.4, -0.2) is 47.1 Å². The monoisotopic (exact) mass is 231 g/mol. The van der Waals surface area contributed by atoms with Gasteiger partial charge in [-0.1, -0.05) is 6.92 Å². The van der Waals surface area contributed by atoms with Crippen molar-refractivity contribution in [3.63, 3.8) is 0 Å². The Morgan fingerprint density at radius 2 is 2.18 bits per heavy atom. The lowest BCUT2D eigenvalue weighted by molar-refractivity contribution is 0.216. The fourth-order valence-corrected chi connectivity index (χ4v) is 2.16. The number of anilines is 1. The van der Waals surface area contributed by atoms with E-state index in [0.29, 0.717) is 0 Å². The van der Waals surface area contributed by atoms with Gasteiger partial charge < -0.3 is 4.90 Å². The molecule has 0 amide bonds. The van der Waals surface area contributed by atoms with Crippen molar-refractivity contribution in [1.82, 2.24) is 14.9 Å². The second-order valence-electron chi connectivity index (χ2n) is 4.14. The number of nitrogens with zero attached hydrogens (tertiary/aromatic N) is 5. The summed E-state index contributed by atoms with van der Waals surface area (Å²) in [5.41, 5.74) is 0. The maximum absolute atomic E-state index is 9.04. The van der Waals surface area contributed by atoms with Gasteiger partial charge in [-0.3, -0.25) is 4.90 Å². The molecule has 0 bridgehead atoms. The second kappa shape index (κ2) is 5.60. The zero-order chi connectivity index (χ0) is 12.1. The van der Waals surface area contributed by atoms with E-state index in [1.807, 2.05) is 6.07 Å². The van der Waals surface area contributed by atoms with Crippen LogP contribution in [0.3, 0.4) is 0 Å². The van der Waals surface area contributed by atoms with E-state index < -0.39 is 0 Å². The lowest BCUT2D eigenvalue weighted by atomic mass is 10.2. The zero-order valence-electron chi connectivity index (χ0n) is 10.1. The SMILES string of the molecule is CCC(C#N)N1CCN(c2ccncn2)CC1. The van der Waals surface area contributed by atoms with Gasteiger partial charge in [-0.05, 0) is 12.5 Å². The molecule has 1 atom stereocenters. The van der Waals surface area contributed by atoms with Crippen LogP contribution in [0.2, 0.25) is 0 Å². The van der Waals surface area contributed by atoms with Crippen LogP contribution in [0.15, 0.2) is 18.6 Å². The third-order valence-corrected chi connectivity index (χ3v) is 3.18. The lowest BCUT2D eigenvalue weighted by Crippen LogP contribution is -2.50. The van der Waals surface area contributed by atoms with Gasteiger partial charge in [0.1, 0.15) is 12.1 Å². The first kappa shape index (κ1) is 11.8. The topological polar surface area (TPSA) is 56.1 Å². The summed E-state index contributed by atoms with van der Waals surface area (Å²) in [7, 11) is 0. The molecule has 1 saturated heterocycles. The minimum Gasteiger partial charge on any atom is -0.354 e. The van der Waals surface area contributed by atoms with E-state index in [1.165, 1.54) is 0 Å². The van der Waals surface area contributed by atoms with Gasteiger partial charge in [0, 0.05) is 32.4 Å². The predicted molar refractivity (Wildman–Crippen MR) is 65.5 cm³/mol. The van der Waals surface area contributed by atoms with Crippen molar-refractivity contribution in [2.45, 2.75) is 19.4 Å². The molecule has 1 aliphatic heterocycles. The summed E-state index contributed by atoms with van der Waals surface area (Å²) in [4.78, 5) is 12.6. The average molecular weight is 231 g/mol. The molecule has 0 aromatic carbocycles. The Morgan fingerprint density at radius 1 is 1.41 bits per heavy atom. The van der Waals surface area contributed by atoms with Crippen molar-refractivity contribution in [3.8, 4) is 6.07 Å². The van der Waals surface area contributed by atoms with Crippen LogP contribution >= 0.6 is 0 Å². The number of hydrogen-bond acceptors (Lipinski definition) is 5. The number of aromatic nitrogens is 2. The molecule has 5 nitrogen and oxygen atoms in total. The average Bonchev–Trinajstić information content (AvgIpc) is 2.42. The Kier molecular flexibility index (Phi) is 3.89. The van der Waals surface area contributed by atoms with Crippen LogP contribution < -0.4 is 4.90 Å². The largest absolute Gasteiger partial charge is 0.354 e. The maximum Gasteiger partial charge on any atom is 0.131 e. The highest BCUT2D eigenvalue weighted by Crippen LogP contribution is 2.14. The molecule has 0 spiro atoms. The Hall–Kier alpha value is -1.67. The minimum atomic E-state index is 0.0579. The Balaban J connectivity index is 1.93. The molecule has 1 aliphatic rings. The van der Waals surface area contributed by atoms with Crippen molar-refractivity contribution in [1.29, 1.82) is 5.26 Å². The second-order valence-corrected chi connectivity index (χ2v) is 4.14. The van der Waals surface area contributed by atoms with Gasteiger partial charge in [-0.25, -0.2) is 9.97 Å². The van der Waals surface area contributed by atoms with Crippen LogP contribution in [0.1, 0.15) is 13.3 Å². The van der Waals surface area contributed by atoms with Crippen LogP contribution in [-0.2, 0) is 0 Å². The third-order valence-electron chi connectivity index (χ3n) is 3.18. The minimum absolute atomic E-state index is 0.0579. The van der Waals surface area contributed by atoms with Crippen molar-refractivity contribution < 1.29 is 0 Å². The Labute approximate surface area is 102 Å². The third kappa shape index (κ3) is 2.71. The molecule has 0 radical (unpaired) electrons. The van der Waals surface area contributed by atoms with E-state index in [0.717, 1.165) is 38.4 Å². The molecule has 5 heteroatoms. The highest BCUT2D eigenvalue weighted by Gasteiger charge is 2.22. The summed E-state index contributed by atoms with van der Waals surface area (Å²) in [6.07, 6.45) is 4.23. The standard InChI is InChI=1S/C12H17N5/c1-2-11(9-13)16-5-7-17(8-6-16)12-3-4-14-10-15-12/h3-4,10-11H,2,5-8H2,1H3. The van der Waals surface area contributed by atoms with Gasteiger partial charge in [0.05, 0.1) is 12.1 Å². The number of nitriles is 1. The van der Waals surface area contributed by atoms with Crippen molar-refractivity contribution in [3.05, 3.63) is 18.6 Å². The molecule has 2 heterocycles.